The maximum absolute atomic E-state index is 12.6. The highest BCUT2D eigenvalue weighted by atomic mass is 16.2. The number of para-hydroxylation sites is 2. The molecule has 2 aromatic heterocycles. The van der Waals surface area contributed by atoms with Crippen molar-refractivity contribution in [3.05, 3.63) is 72.6 Å². The number of nitrogens with one attached hydrogen (secondary N) is 1. The predicted octanol–water partition coefficient (Wildman–Crippen LogP) is 2.90. The van der Waals surface area contributed by atoms with Gasteiger partial charge in [-0.2, -0.15) is 0 Å². The van der Waals surface area contributed by atoms with Crippen molar-refractivity contribution in [2.75, 3.05) is 0 Å². The van der Waals surface area contributed by atoms with Crippen molar-refractivity contribution in [1.82, 2.24) is 9.55 Å². The molecule has 0 amide bonds. The van der Waals surface area contributed by atoms with Crippen LogP contribution in [0, 0.1) is 0 Å². The van der Waals surface area contributed by atoms with Crippen LogP contribution in [0.25, 0.3) is 21.8 Å². The largest absolute Gasteiger partial charge is 0.361 e. The van der Waals surface area contributed by atoms with Gasteiger partial charge in [-0.15, -0.1) is 0 Å². The maximum atomic E-state index is 12.6. The fraction of sp³-hybridized carbons (Fsp3) is 0.100. The minimum atomic E-state index is -0.882. The van der Waals surface area contributed by atoms with Crippen molar-refractivity contribution >= 4 is 33.5 Å². The quantitative estimate of drug-likeness (QED) is 0.564. The van der Waals surface area contributed by atoms with Crippen molar-refractivity contribution in [3.8, 4) is 0 Å². The summed E-state index contributed by atoms with van der Waals surface area (Å²) in [6.07, 6.45) is 3.77. The Morgan fingerprint density at radius 3 is 2.68 bits per heavy atom. The SMILES string of the molecule is N[C@H](Cc1c[nH]c2ccccc12)C(=O)C(=O)n1ccc2ccccc21. The number of fused-ring (bicyclic) bond motifs is 2. The molecule has 2 aromatic carbocycles. The zero-order valence-electron chi connectivity index (χ0n) is 13.5. The molecular weight excluding hydrogens is 314 g/mol. The van der Waals surface area contributed by atoms with Crippen molar-refractivity contribution in [1.29, 1.82) is 0 Å². The van der Waals surface area contributed by atoms with Gasteiger partial charge in [0.05, 0.1) is 11.6 Å². The summed E-state index contributed by atoms with van der Waals surface area (Å²) in [5.74, 6) is -1.19. The molecular formula is C20H17N3O2. The van der Waals surface area contributed by atoms with E-state index in [0.29, 0.717) is 11.9 Å². The molecule has 0 spiro atoms. The summed E-state index contributed by atoms with van der Waals surface area (Å²) in [5.41, 5.74) is 8.68. The number of ketones is 1. The second-order valence-corrected chi connectivity index (χ2v) is 6.08. The average molecular weight is 331 g/mol. The summed E-state index contributed by atoms with van der Waals surface area (Å²) in [6.45, 7) is 0. The third kappa shape index (κ3) is 2.64. The van der Waals surface area contributed by atoms with Crippen molar-refractivity contribution < 1.29 is 9.59 Å². The van der Waals surface area contributed by atoms with E-state index in [1.54, 1.807) is 6.20 Å². The number of carbonyl (C=O) groups excluding carboxylic acids is 2. The highest BCUT2D eigenvalue weighted by molar-refractivity contribution is 6.40. The van der Waals surface area contributed by atoms with Crippen molar-refractivity contribution in [2.45, 2.75) is 12.5 Å². The van der Waals surface area contributed by atoms with Crippen LogP contribution in [0.15, 0.2) is 67.0 Å². The Morgan fingerprint density at radius 2 is 1.80 bits per heavy atom. The minimum Gasteiger partial charge on any atom is -0.361 e. The Labute approximate surface area is 144 Å². The summed E-state index contributed by atoms with van der Waals surface area (Å²) in [5, 5.41) is 1.93. The molecule has 124 valence electrons. The van der Waals surface area contributed by atoms with Crippen molar-refractivity contribution in [2.24, 2.45) is 5.73 Å². The van der Waals surface area contributed by atoms with E-state index in [-0.39, 0.29) is 0 Å². The second-order valence-electron chi connectivity index (χ2n) is 6.08. The van der Waals surface area contributed by atoms with Crippen molar-refractivity contribution in [3.63, 3.8) is 0 Å². The number of aromatic amines is 1. The Hall–Kier alpha value is -3.18. The number of aromatic nitrogens is 2. The fourth-order valence-corrected chi connectivity index (χ4v) is 3.17. The Kier molecular flexibility index (Phi) is 3.71. The molecule has 3 N–H and O–H groups in total. The first-order valence-electron chi connectivity index (χ1n) is 8.10. The number of carbonyl (C=O) groups is 2. The highest BCUT2D eigenvalue weighted by Gasteiger charge is 2.25. The van der Waals surface area contributed by atoms with Gasteiger partial charge in [0.2, 0.25) is 5.78 Å². The molecule has 2 heterocycles. The number of nitrogens with two attached hydrogens (primary N) is 1. The van der Waals surface area contributed by atoms with Crippen LogP contribution < -0.4 is 5.73 Å². The molecule has 4 aromatic rings. The molecule has 25 heavy (non-hydrogen) atoms. The average Bonchev–Trinajstić information content (AvgIpc) is 3.25. The van der Waals surface area contributed by atoms with Gasteiger partial charge in [-0.25, -0.2) is 0 Å². The molecule has 5 nitrogen and oxygen atoms in total. The van der Waals surface area contributed by atoms with E-state index < -0.39 is 17.7 Å². The van der Waals surface area contributed by atoms with E-state index in [0.717, 1.165) is 21.9 Å². The van der Waals surface area contributed by atoms with Gasteiger partial charge in [-0.3, -0.25) is 14.2 Å². The van der Waals surface area contributed by atoms with E-state index in [9.17, 15) is 9.59 Å². The van der Waals surface area contributed by atoms with Crippen LogP contribution in [0.4, 0.5) is 0 Å². The summed E-state index contributed by atoms with van der Waals surface area (Å²) in [6, 6.07) is 16.2. The fourth-order valence-electron chi connectivity index (χ4n) is 3.17. The van der Waals surface area contributed by atoms with E-state index in [1.807, 2.05) is 60.8 Å². The molecule has 0 bridgehead atoms. The zero-order chi connectivity index (χ0) is 17.4. The second kappa shape index (κ2) is 6.03. The van der Waals surface area contributed by atoms with Gasteiger partial charge in [0, 0.05) is 28.7 Å². The number of nitrogens with zero attached hydrogens (tertiary/aromatic N) is 1. The molecule has 5 heteroatoms. The first-order valence-corrected chi connectivity index (χ1v) is 8.10. The Bertz CT molecular complexity index is 1090. The van der Waals surface area contributed by atoms with Crippen LogP contribution in [0.3, 0.4) is 0 Å². The lowest BCUT2D eigenvalue weighted by atomic mass is 10.0. The number of hydrogen-bond acceptors (Lipinski definition) is 3. The predicted molar refractivity (Wildman–Crippen MR) is 97.5 cm³/mol. The van der Waals surface area contributed by atoms with Gasteiger partial charge in [0.1, 0.15) is 0 Å². The van der Waals surface area contributed by atoms with Gasteiger partial charge in [0.15, 0.2) is 0 Å². The number of Topliss-reactive ketones (excluding diaryl/α,β-unsaturated/α-hetero) is 1. The normalized spacial score (nSPS) is 12.5. The molecule has 4 rings (SSSR count). The van der Waals surface area contributed by atoms with Gasteiger partial charge < -0.3 is 10.7 Å². The third-order valence-electron chi connectivity index (χ3n) is 4.48. The van der Waals surface area contributed by atoms with Gasteiger partial charge in [0.25, 0.3) is 5.91 Å². The van der Waals surface area contributed by atoms with Crippen LogP contribution >= 0.6 is 0 Å². The van der Waals surface area contributed by atoms with E-state index in [4.69, 9.17) is 5.73 Å². The molecule has 1 atom stereocenters. The molecule has 0 unspecified atom stereocenters. The third-order valence-corrected chi connectivity index (χ3v) is 4.48. The van der Waals surface area contributed by atoms with E-state index >= 15 is 0 Å². The molecule has 0 saturated heterocycles. The lowest BCUT2D eigenvalue weighted by molar-refractivity contribution is -0.116. The summed E-state index contributed by atoms with van der Waals surface area (Å²) >= 11 is 0. The van der Waals surface area contributed by atoms with Gasteiger partial charge >= 0.3 is 0 Å². The van der Waals surface area contributed by atoms with Crippen LogP contribution in [0.2, 0.25) is 0 Å². The summed E-state index contributed by atoms with van der Waals surface area (Å²) in [7, 11) is 0. The number of H-pyrrole nitrogens is 1. The van der Waals surface area contributed by atoms with Gasteiger partial charge in [-0.05, 0) is 30.2 Å². The molecule has 0 aliphatic heterocycles. The lowest BCUT2D eigenvalue weighted by Gasteiger charge is -2.10. The van der Waals surface area contributed by atoms with Crippen LogP contribution in [-0.2, 0) is 11.2 Å². The highest BCUT2D eigenvalue weighted by Crippen LogP contribution is 2.20. The van der Waals surface area contributed by atoms with Crippen LogP contribution in [0.1, 0.15) is 10.4 Å². The molecule has 0 fully saturated rings. The molecule has 0 aliphatic carbocycles. The number of benzene rings is 2. The minimum absolute atomic E-state index is 0.313. The first-order chi connectivity index (χ1) is 12.1. The standard InChI is InChI=1S/C20H17N3O2/c21-16(11-14-12-22-17-7-3-2-6-15(14)17)19(24)20(25)23-10-9-13-5-1-4-8-18(13)23/h1-10,12,16,22H,11,21H2/t16-/m1/s1. The lowest BCUT2D eigenvalue weighted by Crippen LogP contribution is -2.39. The summed E-state index contributed by atoms with van der Waals surface area (Å²) in [4.78, 5) is 28.3. The van der Waals surface area contributed by atoms with E-state index in [2.05, 4.69) is 4.98 Å². The zero-order valence-corrected chi connectivity index (χ0v) is 13.5. The topological polar surface area (TPSA) is 80.9 Å². The Balaban J connectivity index is 1.58. The summed E-state index contributed by atoms with van der Waals surface area (Å²) < 4.78 is 1.37. The first kappa shape index (κ1) is 15.4. The van der Waals surface area contributed by atoms with Crippen LogP contribution in [-0.4, -0.2) is 27.3 Å². The number of rotatable bonds is 4. The van der Waals surface area contributed by atoms with Gasteiger partial charge in [-0.1, -0.05) is 36.4 Å². The molecule has 0 aliphatic rings. The smallest absolute Gasteiger partial charge is 0.300 e. The number of hydrogen-bond donors (Lipinski definition) is 2. The molecule has 0 radical (unpaired) electrons. The maximum Gasteiger partial charge on any atom is 0.300 e. The Morgan fingerprint density at radius 1 is 1.04 bits per heavy atom. The molecule has 0 saturated carbocycles. The van der Waals surface area contributed by atoms with Crippen LogP contribution in [0.5, 0.6) is 0 Å². The van der Waals surface area contributed by atoms with E-state index in [1.165, 1.54) is 4.57 Å². The monoisotopic (exact) mass is 331 g/mol.